The molecule has 5 heteroatoms. The molecule has 0 fully saturated rings. The number of benzene rings is 2. The lowest BCUT2D eigenvalue weighted by molar-refractivity contribution is 0.100. The van der Waals surface area contributed by atoms with E-state index in [0.717, 1.165) is 0 Å². The van der Waals surface area contributed by atoms with Crippen LogP contribution in [0.2, 0.25) is 10.0 Å². The monoisotopic (exact) mass is 362 g/mol. The molecule has 24 heavy (non-hydrogen) atoms. The summed E-state index contributed by atoms with van der Waals surface area (Å²) in [7, 11) is 0. The van der Waals surface area contributed by atoms with Crippen LogP contribution in [0.5, 0.6) is 0 Å². The lowest BCUT2D eigenvalue weighted by atomic mass is 9.92. The van der Waals surface area contributed by atoms with E-state index >= 15 is 0 Å². The zero-order valence-electron chi connectivity index (χ0n) is 13.9. The van der Waals surface area contributed by atoms with Gasteiger partial charge in [-0.2, -0.15) is 0 Å². The lowest BCUT2D eigenvalue weighted by Crippen LogP contribution is -2.11. The lowest BCUT2D eigenvalue weighted by Gasteiger charge is -2.15. The number of halogens is 2. The number of aromatic nitrogens is 1. The highest BCUT2D eigenvalue weighted by atomic mass is 35.5. The number of amides is 1. The minimum absolute atomic E-state index is 0.207. The number of para-hydroxylation sites is 1. The Labute approximate surface area is 151 Å². The number of hydrogen-bond acceptors (Lipinski definition) is 1. The predicted octanol–water partition coefficient (Wildman–Crippen LogP) is 5.56. The van der Waals surface area contributed by atoms with Crippen LogP contribution in [0.15, 0.2) is 48.5 Å². The van der Waals surface area contributed by atoms with Crippen molar-refractivity contribution in [2.45, 2.75) is 26.2 Å². The van der Waals surface area contributed by atoms with Crippen molar-refractivity contribution >= 4 is 40.0 Å². The van der Waals surface area contributed by atoms with Crippen molar-refractivity contribution in [3.8, 4) is 0 Å². The topological polar surface area (TPSA) is 58.9 Å². The predicted molar refractivity (Wildman–Crippen MR) is 102 cm³/mol. The SMILES string of the molecule is CC(C)(C)c1cc2ccccc2[nH]1.NC(=O)c1ccc(Cl)cc1Cl. The fraction of sp³-hybridized carbons (Fsp3) is 0.211. The summed E-state index contributed by atoms with van der Waals surface area (Å²) in [6, 6.07) is 15.2. The molecule has 0 radical (unpaired) electrons. The van der Waals surface area contributed by atoms with Gasteiger partial charge in [0.05, 0.1) is 10.6 Å². The summed E-state index contributed by atoms with van der Waals surface area (Å²) in [4.78, 5) is 14.1. The maximum atomic E-state index is 10.6. The summed E-state index contributed by atoms with van der Waals surface area (Å²) in [5.41, 5.74) is 8.02. The Morgan fingerprint density at radius 1 is 1.04 bits per heavy atom. The molecule has 0 unspecified atom stereocenters. The Kier molecular flexibility index (Phi) is 5.58. The summed E-state index contributed by atoms with van der Waals surface area (Å²) >= 11 is 11.2. The Balaban J connectivity index is 0.000000177. The summed E-state index contributed by atoms with van der Waals surface area (Å²) in [5, 5.41) is 2.07. The van der Waals surface area contributed by atoms with Crippen molar-refractivity contribution in [3.63, 3.8) is 0 Å². The minimum atomic E-state index is -0.549. The van der Waals surface area contributed by atoms with Crippen LogP contribution < -0.4 is 5.73 Å². The number of nitrogens with one attached hydrogen (secondary N) is 1. The highest BCUT2D eigenvalue weighted by Gasteiger charge is 2.15. The normalized spacial score (nSPS) is 11.0. The Morgan fingerprint density at radius 2 is 1.71 bits per heavy atom. The maximum Gasteiger partial charge on any atom is 0.250 e. The van der Waals surface area contributed by atoms with E-state index in [1.165, 1.54) is 28.7 Å². The molecule has 0 aliphatic heterocycles. The molecule has 126 valence electrons. The Morgan fingerprint density at radius 3 is 2.25 bits per heavy atom. The van der Waals surface area contributed by atoms with Gasteiger partial charge < -0.3 is 10.7 Å². The smallest absolute Gasteiger partial charge is 0.250 e. The second-order valence-corrected chi connectivity index (χ2v) is 7.35. The van der Waals surface area contributed by atoms with Gasteiger partial charge in [0.2, 0.25) is 5.91 Å². The third-order valence-electron chi connectivity index (χ3n) is 3.53. The number of carbonyl (C=O) groups excluding carboxylic acids is 1. The van der Waals surface area contributed by atoms with Gasteiger partial charge in [-0.25, -0.2) is 0 Å². The molecule has 0 saturated heterocycles. The molecule has 0 saturated carbocycles. The van der Waals surface area contributed by atoms with E-state index in [9.17, 15) is 4.79 Å². The van der Waals surface area contributed by atoms with Gasteiger partial charge in [-0.05, 0) is 35.7 Å². The zero-order chi connectivity index (χ0) is 17.9. The van der Waals surface area contributed by atoms with E-state index < -0.39 is 5.91 Å². The average Bonchev–Trinajstić information content (AvgIpc) is 2.91. The molecule has 1 heterocycles. The van der Waals surface area contributed by atoms with Crippen molar-refractivity contribution < 1.29 is 4.79 Å². The first-order valence-electron chi connectivity index (χ1n) is 7.51. The van der Waals surface area contributed by atoms with E-state index in [4.69, 9.17) is 28.9 Å². The van der Waals surface area contributed by atoms with Crippen molar-refractivity contribution in [1.82, 2.24) is 4.98 Å². The van der Waals surface area contributed by atoms with Gasteiger partial charge in [-0.1, -0.05) is 62.2 Å². The fourth-order valence-corrected chi connectivity index (χ4v) is 2.67. The third kappa shape index (κ3) is 4.53. The van der Waals surface area contributed by atoms with E-state index in [-0.39, 0.29) is 16.0 Å². The molecule has 3 rings (SSSR count). The maximum absolute atomic E-state index is 10.6. The molecular weight excluding hydrogens is 343 g/mol. The molecule has 0 bridgehead atoms. The van der Waals surface area contributed by atoms with E-state index in [0.29, 0.717) is 5.02 Å². The molecular formula is C19H20Cl2N2O. The minimum Gasteiger partial charge on any atom is -0.366 e. The molecule has 1 aromatic heterocycles. The molecule has 0 aliphatic rings. The van der Waals surface area contributed by atoms with E-state index in [1.54, 1.807) is 6.07 Å². The molecule has 3 N–H and O–H groups in total. The number of primary amides is 1. The van der Waals surface area contributed by atoms with Crippen molar-refractivity contribution in [2.75, 3.05) is 0 Å². The van der Waals surface area contributed by atoms with E-state index in [1.807, 2.05) is 0 Å². The van der Waals surface area contributed by atoms with Crippen LogP contribution >= 0.6 is 23.2 Å². The van der Waals surface area contributed by atoms with Crippen LogP contribution in [-0.4, -0.2) is 10.9 Å². The van der Waals surface area contributed by atoms with Crippen molar-refractivity contribution in [2.24, 2.45) is 5.73 Å². The molecule has 0 spiro atoms. The number of carbonyl (C=O) groups is 1. The summed E-state index contributed by atoms with van der Waals surface area (Å²) in [6.45, 7) is 6.66. The number of fused-ring (bicyclic) bond motifs is 1. The molecule has 1 amide bonds. The number of hydrogen-bond donors (Lipinski definition) is 2. The highest BCUT2D eigenvalue weighted by molar-refractivity contribution is 6.36. The van der Waals surface area contributed by atoms with Crippen molar-refractivity contribution in [3.05, 3.63) is 69.8 Å². The summed E-state index contributed by atoms with van der Waals surface area (Å²) < 4.78 is 0. The first-order chi connectivity index (χ1) is 11.2. The number of nitrogens with two attached hydrogens (primary N) is 1. The zero-order valence-corrected chi connectivity index (χ0v) is 15.4. The van der Waals surface area contributed by atoms with Crippen LogP contribution in [0.3, 0.4) is 0 Å². The average molecular weight is 363 g/mol. The van der Waals surface area contributed by atoms with Gasteiger partial charge in [0.15, 0.2) is 0 Å². The molecule has 2 aromatic carbocycles. The van der Waals surface area contributed by atoms with Crippen LogP contribution in [0.4, 0.5) is 0 Å². The summed E-state index contributed by atoms with van der Waals surface area (Å²) in [5.74, 6) is -0.549. The molecule has 0 aliphatic carbocycles. The highest BCUT2D eigenvalue weighted by Crippen LogP contribution is 2.25. The second-order valence-electron chi connectivity index (χ2n) is 6.51. The number of aromatic amines is 1. The quantitative estimate of drug-likeness (QED) is 0.584. The standard InChI is InChI=1S/C12H15N.C7H5Cl2NO/c1-12(2,3)11-8-9-6-4-5-7-10(9)13-11;8-4-1-2-5(7(10)11)6(9)3-4/h4-8,13H,1-3H3;1-3H,(H2,10,11). The van der Waals surface area contributed by atoms with Gasteiger partial charge in [0.1, 0.15) is 0 Å². The third-order valence-corrected chi connectivity index (χ3v) is 4.08. The van der Waals surface area contributed by atoms with Crippen molar-refractivity contribution in [1.29, 1.82) is 0 Å². The van der Waals surface area contributed by atoms with Gasteiger partial charge >= 0.3 is 0 Å². The van der Waals surface area contributed by atoms with Crippen LogP contribution in [-0.2, 0) is 5.41 Å². The van der Waals surface area contributed by atoms with Crippen LogP contribution in [0, 0.1) is 0 Å². The first-order valence-corrected chi connectivity index (χ1v) is 8.27. The van der Waals surface area contributed by atoms with Gasteiger partial charge in [0, 0.05) is 21.6 Å². The molecule has 3 aromatic rings. The van der Waals surface area contributed by atoms with Gasteiger partial charge in [-0.3, -0.25) is 4.79 Å². The van der Waals surface area contributed by atoms with Gasteiger partial charge in [-0.15, -0.1) is 0 Å². The van der Waals surface area contributed by atoms with Crippen LogP contribution in [0.1, 0.15) is 36.8 Å². The van der Waals surface area contributed by atoms with Crippen LogP contribution in [0.25, 0.3) is 10.9 Å². The fourth-order valence-electron chi connectivity index (χ4n) is 2.17. The molecule has 0 atom stereocenters. The molecule has 3 nitrogen and oxygen atoms in total. The first kappa shape index (κ1) is 18.4. The second kappa shape index (κ2) is 7.29. The Hall–Kier alpha value is -1.97. The van der Waals surface area contributed by atoms with Gasteiger partial charge in [0.25, 0.3) is 0 Å². The van der Waals surface area contributed by atoms with E-state index in [2.05, 4.69) is 56.1 Å². The number of H-pyrrole nitrogens is 1. The Bertz CT molecular complexity index is 830. The largest absolute Gasteiger partial charge is 0.366 e. The summed E-state index contributed by atoms with van der Waals surface area (Å²) in [6.07, 6.45) is 0. The number of rotatable bonds is 1.